The fourth-order valence-corrected chi connectivity index (χ4v) is 7.45. The number of pyridine rings is 1. The maximum absolute atomic E-state index is 15.2. The Morgan fingerprint density at radius 1 is 1.06 bits per heavy atom. The van der Waals surface area contributed by atoms with Crippen LogP contribution in [0.5, 0.6) is 5.75 Å². The topological polar surface area (TPSA) is 163 Å². The number of anilines is 2. The molecule has 0 radical (unpaired) electrons. The molecule has 4 heterocycles. The second-order valence-electron chi connectivity index (χ2n) is 12.4. The first kappa shape index (κ1) is 36.4. The minimum Gasteiger partial charge on any atom is -0.494 e. The Labute approximate surface area is 280 Å². The van der Waals surface area contributed by atoms with E-state index in [0.717, 1.165) is 12.1 Å². The molecule has 4 N–H and O–H groups in total. The van der Waals surface area contributed by atoms with Crippen molar-refractivity contribution in [2.24, 2.45) is 5.73 Å². The van der Waals surface area contributed by atoms with E-state index < -0.39 is 49.7 Å². The van der Waals surface area contributed by atoms with E-state index in [2.05, 4.69) is 25.0 Å². The molecule has 4 aromatic rings. The smallest absolute Gasteiger partial charge is 0.434 e. The molecule has 0 spiro atoms. The Kier molecular flexibility index (Phi) is 10.8. The van der Waals surface area contributed by atoms with Gasteiger partial charge in [-0.15, -0.1) is 0 Å². The number of aliphatic hydroxyl groups excluding tert-OH is 1. The third-order valence-electron chi connectivity index (χ3n) is 7.89. The third kappa shape index (κ3) is 7.96. The first-order valence-electron chi connectivity index (χ1n) is 15.6. The molecule has 0 unspecified atom stereocenters. The number of methoxy groups -OCH3 is 1. The van der Waals surface area contributed by atoms with Gasteiger partial charge in [0.1, 0.15) is 18.2 Å². The Morgan fingerprint density at radius 2 is 1.78 bits per heavy atom. The molecule has 0 bridgehead atoms. The molecule has 0 amide bonds. The molecule has 1 aliphatic rings. The van der Waals surface area contributed by atoms with Gasteiger partial charge in [-0.3, -0.25) is 19.1 Å². The first-order valence-corrected chi connectivity index (χ1v) is 17.1. The van der Waals surface area contributed by atoms with Gasteiger partial charge in [-0.1, -0.05) is 0 Å². The lowest BCUT2D eigenvalue weighted by Gasteiger charge is -2.44. The van der Waals surface area contributed by atoms with E-state index in [-0.39, 0.29) is 47.9 Å². The van der Waals surface area contributed by atoms with E-state index in [1.807, 2.05) is 0 Å². The monoisotopic (exact) mass is 710 g/mol. The number of fused-ring (bicyclic) bond motifs is 1. The van der Waals surface area contributed by atoms with E-state index in [1.54, 1.807) is 43.2 Å². The standard InChI is InChI=1S/C31H39F4N8O5P/c1-17(2)47-49(45,48-18(3)4)41-29-26-30(39-15-38-29)43(16-40-26)13-19-9-23(20-10-22(33)25(46-5)11-21(20)32)37-12-24(19)42-8-6-7-31(36,14-42)27(44)28(34)35/h9-12,15-18,27-28,44H,6-8,13-14,36H2,1-5H3,(H,38,39,41,45)/t27-,31-/m1/s1. The van der Waals surface area contributed by atoms with Crippen LogP contribution in [0.25, 0.3) is 22.4 Å². The lowest BCUT2D eigenvalue weighted by Crippen LogP contribution is -2.63. The highest BCUT2D eigenvalue weighted by Crippen LogP contribution is 2.50. The zero-order chi connectivity index (χ0) is 35.7. The van der Waals surface area contributed by atoms with Crippen LogP contribution in [0.3, 0.4) is 0 Å². The fourth-order valence-electron chi connectivity index (χ4n) is 5.76. The summed E-state index contributed by atoms with van der Waals surface area (Å²) in [5.41, 5.74) is 6.16. The van der Waals surface area contributed by atoms with Crippen molar-refractivity contribution in [3.05, 3.63) is 54.2 Å². The molecule has 18 heteroatoms. The predicted octanol–water partition coefficient (Wildman–Crippen LogP) is 5.52. The second-order valence-corrected chi connectivity index (χ2v) is 14.0. The zero-order valence-corrected chi connectivity index (χ0v) is 28.5. The number of hydrogen-bond acceptors (Lipinski definition) is 11. The van der Waals surface area contributed by atoms with Gasteiger partial charge in [0, 0.05) is 24.7 Å². The van der Waals surface area contributed by atoms with Gasteiger partial charge in [-0.05, 0) is 58.2 Å². The molecule has 13 nitrogen and oxygen atoms in total. The van der Waals surface area contributed by atoms with Crippen LogP contribution in [-0.4, -0.2) is 80.1 Å². The highest BCUT2D eigenvalue weighted by Gasteiger charge is 2.43. The van der Waals surface area contributed by atoms with Crippen LogP contribution >= 0.6 is 7.75 Å². The van der Waals surface area contributed by atoms with Crippen molar-refractivity contribution in [3.8, 4) is 17.0 Å². The maximum Gasteiger partial charge on any atom is 0.434 e. The highest BCUT2D eigenvalue weighted by molar-refractivity contribution is 7.55. The molecule has 0 aliphatic carbocycles. The minimum absolute atomic E-state index is 0.0339. The number of nitrogens with zero attached hydrogens (tertiary/aromatic N) is 6. The van der Waals surface area contributed by atoms with Crippen molar-refractivity contribution in [2.45, 2.75) is 77.4 Å². The van der Waals surface area contributed by atoms with Crippen LogP contribution in [0.4, 0.5) is 29.1 Å². The average molecular weight is 711 g/mol. The van der Waals surface area contributed by atoms with Gasteiger partial charge in [-0.25, -0.2) is 37.1 Å². The van der Waals surface area contributed by atoms with Crippen molar-refractivity contribution in [1.82, 2.24) is 24.5 Å². The quantitative estimate of drug-likeness (QED) is 0.118. The average Bonchev–Trinajstić information content (AvgIpc) is 3.44. The van der Waals surface area contributed by atoms with Gasteiger partial charge in [0.15, 0.2) is 28.5 Å². The molecular weight excluding hydrogens is 671 g/mol. The molecule has 0 saturated carbocycles. The summed E-state index contributed by atoms with van der Waals surface area (Å²) >= 11 is 0. The summed E-state index contributed by atoms with van der Waals surface area (Å²) < 4.78 is 88.4. The Bertz CT molecular complexity index is 1830. The lowest BCUT2D eigenvalue weighted by molar-refractivity contribution is -0.0529. The molecular formula is C31H39F4N8O5P. The van der Waals surface area contributed by atoms with Gasteiger partial charge >= 0.3 is 7.75 Å². The van der Waals surface area contributed by atoms with E-state index >= 15 is 4.39 Å². The number of benzene rings is 1. The molecule has 3 aromatic heterocycles. The number of nitrogens with two attached hydrogens (primary N) is 1. The Morgan fingerprint density at radius 3 is 2.43 bits per heavy atom. The van der Waals surface area contributed by atoms with E-state index in [4.69, 9.17) is 19.5 Å². The van der Waals surface area contributed by atoms with Crippen LogP contribution in [-0.2, 0) is 20.2 Å². The number of imidazole rings is 1. The van der Waals surface area contributed by atoms with E-state index in [9.17, 15) is 22.8 Å². The fraction of sp³-hybridized carbons (Fsp3) is 0.484. The third-order valence-corrected chi connectivity index (χ3v) is 9.78. The summed E-state index contributed by atoms with van der Waals surface area (Å²) in [6.45, 7) is 7.14. The highest BCUT2D eigenvalue weighted by atomic mass is 31.2. The van der Waals surface area contributed by atoms with E-state index in [1.165, 1.54) is 26.0 Å². The lowest BCUT2D eigenvalue weighted by atomic mass is 9.84. The van der Waals surface area contributed by atoms with Crippen LogP contribution in [0.1, 0.15) is 46.1 Å². The summed E-state index contributed by atoms with van der Waals surface area (Å²) in [6.07, 6.45) is -1.32. The van der Waals surface area contributed by atoms with Crippen LogP contribution in [0, 0.1) is 11.6 Å². The number of rotatable bonds is 13. The second kappa shape index (κ2) is 14.5. The summed E-state index contributed by atoms with van der Waals surface area (Å²) in [5, 5.41) is 13.1. The summed E-state index contributed by atoms with van der Waals surface area (Å²) in [5.74, 6) is -1.77. The van der Waals surface area contributed by atoms with Gasteiger partial charge in [-0.2, -0.15) is 0 Å². The van der Waals surface area contributed by atoms with Crippen molar-refractivity contribution in [3.63, 3.8) is 0 Å². The van der Waals surface area contributed by atoms with Gasteiger partial charge < -0.3 is 25.0 Å². The molecule has 49 heavy (non-hydrogen) atoms. The number of alkyl halides is 2. The largest absolute Gasteiger partial charge is 0.494 e. The van der Waals surface area contributed by atoms with Crippen molar-refractivity contribution in [2.75, 3.05) is 30.2 Å². The van der Waals surface area contributed by atoms with Crippen molar-refractivity contribution < 1.29 is 41.0 Å². The molecule has 5 rings (SSSR count). The number of ether oxygens (including phenoxy) is 1. The van der Waals surface area contributed by atoms with Crippen LogP contribution < -0.4 is 20.5 Å². The molecule has 266 valence electrons. The van der Waals surface area contributed by atoms with Crippen molar-refractivity contribution in [1.29, 1.82) is 0 Å². The molecule has 1 saturated heterocycles. The predicted molar refractivity (Wildman–Crippen MR) is 175 cm³/mol. The number of aliphatic hydroxyl groups is 1. The number of piperidine rings is 1. The number of halogens is 4. The van der Waals surface area contributed by atoms with Gasteiger partial charge in [0.25, 0.3) is 6.43 Å². The first-order chi connectivity index (χ1) is 23.1. The minimum atomic E-state index is -3.89. The summed E-state index contributed by atoms with van der Waals surface area (Å²) in [6, 6.07) is 3.43. The SMILES string of the molecule is COc1cc(F)c(-c2cc(Cn3cnc4c(NP(=O)(OC(C)C)OC(C)C)ncnc43)c(N3CCC[C@](N)([C@H](O)C(F)F)C3)cn2)cc1F. The molecule has 1 aromatic carbocycles. The Hall–Kier alpha value is -3.89. The number of hydrogen-bond donors (Lipinski definition) is 3. The summed E-state index contributed by atoms with van der Waals surface area (Å²) in [7, 11) is -2.67. The number of nitrogens with one attached hydrogen (secondary N) is 1. The van der Waals surface area contributed by atoms with Gasteiger partial charge in [0.2, 0.25) is 0 Å². The van der Waals surface area contributed by atoms with Crippen LogP contribution in [0.2, 0.25) is 0 Å². The number of aromatic nitrogens is 5. The molecule has 2 atom stereocenters. The zero-order valence-electron chi connectivity index (χ0n) is 27.6. The summed E-state index contributed by atoms with van der Waals surface area (Å²) in [4.78, 5) is 19.2. The maximum atomic E-state index is 15.2. The van der Waals surface area contributed by atoms with E-state index in [0.29, 0.717) is 29.9 Å². The molecule has 1 aliphatic heterocycles. The van der Waals surface area contributed by atoms with Gasteiger partial charge in [0.05, 0.1) is 55.3 Å². The molecule has 1 fully saturated rings. The van der Waals surface area contributed by atoms with Crippen molar-refractivity contribution >= 4 is 30.4 Å². The Balaban J connectivity index is 1.58. The van der Waals surface area contributed by atoms with Crippen LogP contribution in [0.15, 0.2) is 37.1 Å². The normalized spacial score (nSPS) is 17.8.